The number of amidine groups is 1. The van der Waals surface area contributed by atoms with Gasteiger partial charge < -0.3 is 4.74 Å². The molecule has 0 radical (unpaired) electrons. The molecule has 0 unspecified atom stereocenters. The third-order valence-electron chi connectivity index (χ3n) is 5.71. The molecular formula is C29H23FN2O2S. The van der Waals surface area contributed by atoms with E-state index in [2.05, 4.69) is 29.3 Å². The van der Waals surface area contributed by atoms with Gasteiger partial charge in [-0.15, -0.1) is 0 Å². The number of fused-ring (bicyclic) bond motifs is 1. The molecule has 1 fully saturated rings. The Morgan fingerprint density at radius 2 is 1.69 bits per heavy atom. The second-order valence-electron chi connectivity index (χ2n) is 8.03. The lowest BCUT2D eigenvalue weighted by Crippen LogP contribution is -2.28. The highest BCUT2D eigenvalue weighted by atomic mass is 32.2. The Labute approximate surface area is 207 Å². The lowest BCUT2D eigenvalue weighted by Gasteiger charge is -2.11. The number of amides is 1. The minimum Gasteiger partial charge on any atom is -0.489 e. The molecule has 4 aromatic rings. The molecule has 0 bridgehead atoms. The van der Waals surface area contributed by atoms with Crippen LogP contribution in [0.2, 0.25) is 0 Å². The third-order valence-corrected chi connectivity index (χ3v) is 6.71. The van der Waals surface area contributed by atoms with Gasteiger partial charge in [0.2, 0.25) is 0 Å². The zero-order valence-corrected chi connectivity index (χ0v) is 20.0. The standard InChI is InChI=1S/C29H23FN2O2S/c1-2-32-28(33)27(35-29(32)31-24-14-12-23(30)13-15-24)18-20-10-16-25(17-11-20)34-19-22-8-5-7-21-6-3-4-9-26(21)22/h3-18H,2,19H2,1H3/b27-18+,31-29?. The number of nitrogens with zero attached hydrogens (tertiary/aromatic N) is 2. The van der Waals surface area contributed by atoms with E-state index >= 15 is 0 Å². The Kier molecular flexibility index (Phi) is 6.64. The van der Waals surface area contributed by atoms with Crippen LogP contribution in [0.25, 0.3) is 16.8 Å². The van der Waals surface area contributed by atoms with Crippen molar-refractivity contribution >= 4 is 45.4 Å². The summed E-state index contributed by atoms with van der Waals surface area (Å²) in [5.74, 6) is 0.357. The summed E-state index contributed by atoms with van der Waals surface area (Å²) in [7, 11) is 0. The summed E-state index contributed by atoms with van der Waals surface area (Å²) in [4.78, 5) is 19.7. The molecule has 5 rings (SSSR count). The van der Waals surface area contributed by atoms with E-state index in [9.17, 15) is 9.18 Å². The summed E-state index contributed by atoms with van der Waals surface area (Å²) in [6.45, 7) is 2.89. The zero-order valence-electron chi connectivity index (χ0n) is 19.1. The van der Waals surface area contributed by atoms with E-state index in [-0.39, 0.29) is 11.7 Å². The summed E-state index contributed by atoms with van der Waals surface area (Å²) in [5.41, 5.74) is 2.64. The highest BCUT2D eigenvalue weighted by molar-refractivity contribution is 8.18. The second kappa shape index (κ2) is 10.2. The largest absolute Gasteiger partial charge is 0.489 e. The molecule has 4 aromatic carbocycles. The van der Waals surface area contributed by atoms with E-state index in [1.807, 2.05) is 55.5 Å². The Morgan fingerprint density at radius 3 is 2.46 bits per heavy atom. The van der Waals surface area contributed by atoms with Gasteiger partial charge in [0.05, 0.1) is 10.6 Å². The van der Waals surface area contributed by atoms with Crippen molar-refractivity contribution in [3.05, 3.63) is 113 Å². The van der Waals surface area contributed by atoms with Crippen LogP contribution in [-0.4, -0.2) is 22.5 Å². The minimum atomic E-state index is -0.318. The number of hydrogen-bond acceptors (Lipinski definition) is 4. The SMILES string of the molecule is CCN1C(=O)/C(=C\c2ccc(OCc3cccc4ccccc34)cc2)SC1=Nc1ccc(F)cc1. The van der Waals surface area contributed by atoms with Crippen molar-refractivity contribution in [3.8, 4) is 5.75 Å². The average molecular weight is 483 g/mol. The van der Waals surface area contributed by atoms with Gasteiger partial charge in [-0.1, -0.05) is 54.6 Å². The molecule has 1 saturated heterocycles. The normalized spacial score (nSPS) is 15.9. The highest BCUT2D eigenvalue weighted by Crippen LogP contribution is 2.34. The molecular weight excluding hydrogens is 459 g/mol. The van der Waals surface area contributed by atoms with Crippen LogP contribution in [-0.2, 0) is 11.4 Å². The number of aliphatic imine (C=N–C) groups is 1. The first-order valence-electron chi connectivity index (χ1n) is 11.4. The van der Waals surface area contributed by atoms with Gasteiger partial charge >= 0.3 is 0 Å². The second-order valence-corrected chi connectivity index (χ2v) is 9.04. The van der Waals surface area contributed by atoms with E-state index in [0.29, 0.717) is 28.9 Å². The first-order chi connectivity index (χ1) is 17.1. The summed E-state index contributed by atoms with van der Waals surface area (Å²) in [5, 5.41) is 2.97. The van der Waals surface area contributed by atoms with Crippen LogP contribution in [0, 0.1) is 5.82 Å². The van der Waals surface area contributed by atoms with Crippen molar-refractivity contribution < 1.29 is 13.9 Å². The van der Waals surface area contributed by atoms with Gasteiger partial charge in [0.25, 0.3) is 5.91 Å². The lowest BCUT2D eigenvalue weighted by molar-refractivity contribution is -0.122. The smallest absolute Gasteiger partial charge is 0.266 e. The van der Waals surface area contributed by atoms with Gasteiger partial charge in [-0.2, -0.15) is 0 Å². The summed E-state index contributed by atoms with van der Waals surface area (Å²) in [6.07, 6.45) is 1.86. The zero-order chi connectivity index (χ0) is 24.2. The third kappa shape index (κ3) is 5.12. The minimum absolute atomic E-state index is 0.0883. The van der Waals surface area contributed by atoms with Crippen LogP contribution < -0.4 is 4.74 Å². The number of benzene rings is 4. The maximum atomic E-state index is 13.2. The fourth-order valence-electron chi connectivity index (χ4n) is 3.89. The fraction of sp³-hybridized carbons (Fsp3) is 0.103. The molecule has 174 valence electrons. The molecule has 35 heavy (non-hydrogen) atoms. The van der Waals surface area contributed by atoms with Gasteiger partial charge in [0, 0.05) is 6.54 Å². The number of thioether (sulfide) groups is 1. The Hall–Kier alpha value is -3.90. The van der Waals surface area contributed by atoms with Gasteiger partial charge in [-0.3, -0.25) is 9.69 Å². The van der Waals surface area contributed by atoms with Gasteiger partial charge in [-0.25, -0.2) is 9.38 Å². The summed E-state index contributed by atoms with van der Waals surface area (Å²) >= 11 is 1.32. The van der Waals surface area contributed by atoms with Crippen LogP contribution in [0.3, 0.4) is 0 Å². The number of rotatable bonds is 6. The Bertz CT molecular complexity index is 1420. The molecule has 1 amide bonds. The molecule has 1 heterocycles. The topological polar surface area (TPSA) is 41.9 Å². The van der Waals surface area contributed by atoms with Crippen molar-refractivity contribution in [1.82, 2.24) is 4.90 Å². The quantitative estimate of drug-likeness (QED) is 0.273. The van der Waals surface area contributed by atoms with Crippen molar-refractivity contribution in [3.63, 3.8) is 0 Å². The van der Waals surface area contributed by atoms with E-state index in [1.54, 1.807) is 17.0 Å². The van der Waals surface area contributed by atoms with Gasteiger partial charge in [-0.05, 0) is 83.1 Å². The van der Waals surface area contributed by atoms with Crippen molar-refractivity contribution in [2.75, 3.05) is 6.54 Å². The maximum absolute atomic E-state index is 13.2. The molecule has 0 atom stereocenters. The first-order valence-corrected chi connectivity index (χ1v) is 12.2. The average Bonchev–Trinajstić information content (AvgIpc) is 3.18. The van der Waals surface area contributed by atoms with Crippen LogP contribution in [0.4, 0.5) is 10.1 Å². The monoisotopic (exact) mass is 482 g/mol. The number of carbonyl (C=O) groups excluding carboxylic acids is 1. The number of halogens is 1. The molecule has 1 aliphatic heterocycles. The highest BCUT2D eigenvalue weighted by Gasteiger charge is 2.32. The number of carbonyl (C=O) groups is 1. The number of hydrogen-bond donors (Lipinski definition) is 0. The lowest BCUT2D eigenvalue weighted by atomic mass is 10.1. The molecule has 0 saturated carbocycles. The number of likely N-dealkylation sites (N-methyl/N-ethyl adjacent to an activating group) is 1. The molecule has 6 heteroatoms. The number of ether oxygens (including phenoxy) is 1. The van der Waals surface area contributed by atoms with Crippen LogP contribution in [0.5, 0.6) is 5.75 Å². The molecule has 4 nitrogen and oxygen atoms in total. The van der Waals surface area contributed by atoms with E-state index in [1.165, 1.54) is 34.7 Å². The fourth-order valence-corrected chi connectivity index (χ4v) is 4.95. The van der Waals surface area contributed by atoms with Gasteiger partial charge in [0.1, 0.15) is 18.2 Å². The van der Waals surface area contributed by atoms with E-state index < -0.39 is 0 Å². The molecule has 1 aliphatic rings. The van der Waals surface area contributed by atoms with Crippen molar-refractivity contribution in [2.24, 2.45) is 4.99 Å². The van der Waals surface area contributed by atoms with Crippen molar-refractivity contribution in [1.29, 1.82) is 0 Å². The Morgan fingerprint density at radius 1 is 0.943 bits per heavy atom. The van der Waals surface area contributed by atoms with Crippen molar-refractivity contribution in [2.45, 2.75) is 13.5 Å². The van der Waals surface area contributed by atoms with Gasteiger partial charge in [0.15, 0.2) is 5.17 Å². The van der Waals surface area contributed by atoms with Crippen LogP contribution in [0.1, 0.15) is 18.1 Å². The molecule has 0 aromatic heterocycles. The molecule has 0 aliphatic carbocycles. The van der Waals surface area contributed by atoms with E-state index in [0.717, 1.165) is 16.9 Å². The molecule has 0 N–H and O–H groups in total. The van der Waals surface area contributed by atoms with Crippen LogP contribution >= 0.6 is 11.8 Å². The molecule has 0 spiro atoms. The van der Waals surface area contributed by atoms with Crippen LogP contribution in [0.15, 0.2) is 101 Å². The predicted molar refractivity (Wildman–Crippen MR) is 141 cm³/mol. The summed E-state index contributed by atoms with van der Waals surface area (Å²) < 4.78 is 19.2. The first kappa shape index (κ1) is 22.9. The summed E-state index contributed by atoms with van der Waals surface area (Å²) in [6, 6.07) is 28.1. The Balaban J connectivity index is 1.30. The predicted octanol–water partition coefficient (Wildman–Crippen LogP) is 7.18. The maximum Gasteiger partial charge on any atom is 0.266 e. The van der Waals surface area contributed by atoms with E-state index in [4.69, 9.17) is 4.74 Å².